The number of carbonyl (C=O) groups excluding carboxylic acids is 1. The van der Waals surface area contributed by atoms with Crippen LogP contribution in [-0.2, 0) is 4.79 Å². The van der Waals surface area contributed by atoms with Gasteiger partial charge in [0.25, 0.3) is 0 Å². The highest BCUT2D eigenvalue weighted by Gasteiger charge is 2.22. The summed E-state index contributed by atoms with van der Waals surface area (Å²) in [6.07, 6.45) is 5.55. The van der Waals surface area contributed by atoms with Crippen molar-refractivity contribution < 1.29 is 4.79 Å². The summed E-state index contributed by atoms with van der Waals surface area (Å²) in [7, 11) is 0. The fourth-order valence-corrected chi connectivity index (χ4v) is 3.13. The van der Waals surface area contributed by atoms with Gasteiger partial charge in [0.2, 0.25) is 16.0 Å². The second-order valence-corrected chi connectivity index (χ2v) is 5.63. The van der Waals surface area contributed by atoms with Crippen LogP contribution < -0.4 is 5.32 Å². The number of carbonyl (C=O) groups is 1. The van der Waals surface area contributed by atoms with Gasteiger partial charge in [-0.15, -0.1) is 15.3 Å². The Bertz CT molecular complexity index is 569. The minimum absolute atomic E-state index is 0.0947. The Hall–Kier alpha value is -1.50. The van der Waals surface area contributed by atoms with Gasteiger partial charge in [-0.3, -0.25) is 4.79 Å². The number of rotatable bonds is 2. The number of amides is 1. The Labute approximate surface area is 108 Å². The second kappa shape index (κ2) is 4.64. The van der Waals surface area contributed by atoms with Crippen LogP contribution in [-0.4, -0.2) is 25.7 Å². The maximum Gasteiger partial charge on any atom is 0.236 e. The normalized spacial score (nSPS) is 17.2. The Morgan fingerprint density at radius 1 is 1.33 bits per heavy atom. The van der Waals surface area contributed by atoms with Crippen LogP contribution in [0.5, 0.6) is 0 Å². The Morgan fingerprint density at radius 2 is 2.11 bits per heavy atom. The molecule has 7 heteroatoms. The molecule has 1 N–H and O–H groups in total. The van der Waals surface area contributed by atoms with E-state index in [-0.39, 0.29) is 11.8 Å². The van der Waals surface area contributed by atoms with Gasteiger partial charge in [-0.2, -0.15) is 4.52 Å². The van der Waals surface area contributed by atoms with Crippen molar-refractivity contribution in [1.29, 1.82) is 0 Å². The van der Waals surface area contributed by atoms with Crippen LogP contribution in [0.25, 0.3) is 4.96 Å². The van der Waals surface area contributed by atoms with Crippen LogP contribution in [0.2, 0.25) is 0 Å². The molecule has 0 radical (unpaired) electrons. The smallest absolute Gasteiger partial charge is 0.236 e. The van der Waals surface area contributed by atoms with E-state index in [2.05, 4.69) is 20.6 Å². The van der Waals surface area contributed by atoms with Gasteiger partial charge >= 0.3 is 0 Å². The molecule has 0 aliphatic heterocycles. The Kier molecular flexibility index (Phi) is 2.99. The van der Waals surface area contributed by atoms with Crippen LogP contribution in [0.3, 0.4) is 0 Å². The molecule has 1 fully saturated rings. The van der Waals surface area contributed by atoms with E-state index in [4.69, 9.17) is 0 Å². The van der Waals surface area contributed by atoms with Crippen molar-refractivity contribution >= 4 is 27.3 Å². The number of hydrogen-bond donors (Lipinski definition) is 1. The molecule has 0 unspecified atom stereocenters. The standard InChI is InChI=1S/C11H15N5OS/c1-7-13-14-11-16(7)15-10(18-11)12-9(17)8-5-3-2-4-6-8/h8H,2-6H2,1H3,(H,12,15,17). The molecule has 0 spiro atoms. The minimum atomic E-state index is 0.0947. The average Bonchev–Trinajstić information content (AvgIpc) is 2.93. The predicted octanol–water partition coefficient (Wildman–Crippen LogP) is 2.01. The summed E-state index contributed by atoms with van der Waals surface area (Å²) in [5.74, 6) is 0.978. The van der Waals surface area contributed by atoms with Gasteiger partial charge in [0, 0.05) is 5.92 Å². The van der Waals surface area contributed by atoms with E-state index in [0.717, 1.165) is 31.5 Å². The molecule has 1 saturated carbocycles. The molecule has 2 aromatic heterocycles. The lowest BCUT2D eigenvalue weighted by Gasteiger charge is -2.19. The third-order valence-corrected chi connectivity index (χ3v) is 4.17. The first-order chi connectivity index (χ1) is 8.74. The monoisotopic (exact) mass is 265 g/mol. The summed E-state index contributed by atoms with van der Waals surface area (Å²) in [6, 6.07) is 0. The van der Waals surface area contributed by atoms with Crippen molar-refractivity contribution in [2.75, 3.05) is 5.32 Å². The van der Waals surface area contributed by atoms with Crippen molar-refractivity contribution in [2.24, 2.45) is 5.92 Å². The molecule has 6 nitrogen and oxygen atoms in total. The molecule has 2 aromatic rings. The number of anilines is 1. The van der Waals surface area contributed by atoms with Gasteiger partial charge in [0.15, 0.2) is 5.82 Å². The summed E-state index contributed by atoms with van der Waals surface area (Å²) < 4.78 is 1.65. The van der Waals surface area contributed by atoms with Crippen molar-refractivity contribution in [2.45, 2.75) is 39.0 Å². The Balaban J connectivity index is 1.73. The van der Waals surface area contributed by atoms with Crippen molar-refractivity contribution in [1.82, 2.24) is 19.8 Å². The summed E-state index contributed by atoms with van der Waals surface area (Å²) in [4.78, 5) is 12.8. The number of hydrogen-bond acceptors (Lipinski definition) is 5. The van der Waals surface area contributed by atoms with Gasteiger partial charge in [-0.1, -0.05) is 30.6 Å². The van der Waals surface area contributed by atoms with E-state index in [9.17, 15) is 4.79 Å². The van der Waals surface area contributed by atoms with Crippen LogP contribution in [0.4, 0.5) is 5.13 Å². The lowest BCUT2D eigenvalue weighted by Crippen LogP contribution is -2.24. The topological polar surface area (TPSA) is 72.2 Å². The number of aromatic nitrogens is 4. The minimum Gasteiger partial charge on any atom is -0.300 e. The zero-order valence-electron chi connectivity index (χ0n) is 10.2. The highest BCUT2D eigenvalue weighted by molar-refractivity contribution is 7.20. The molecular formula is C11H15N5OS. The molecule has 1 aliphatic rings. The summed E-state index contributed by atoms with van der Waals surface area (Å²) in [6.45, 7) is 1.84. The van der Waals surface area contributed by atoms with E-state index in [1.165, 1.54) is 17.8 Å². The van der Waals surface area contributed by atoms with E-state index >= 15 is 0 Å². The summed E-state index contributed by atoms with van der Waals surface area (Å²) in [5, 5.41) is 15.7. The third-order valence-electron chi connectivity index (χ3n) is 3.35. The maximum absolute atomic E-state index is 12.1. The van der Waals surface area contributed by atoms with Crippen molar-refractivity contribution in [3.8, 4) is 0 Å². The van der Waals surface area contributed by atoms with Crippen molar-refractivity contribution in [3.05, 3.63) is 5.82 Å². The summed E-state index contributed by atoms with van der Waals surface area (Å²) >= 11 is 1.36. The van der Waals surface area contributed by atoms with Gasteiger partial charge in [0.1, 0.15) is 0 Å². The first-order valence-electron chi connectivity index (χ1n) is 6.24. The molecule has 0 bridgehead atoms. The zero-order valence-corrected chi connectivity index (χ0v) is 11.0. The molecule has 0 aromatic carbocycles. The molecule has 96 valence electrons. The number of fused-ring (bicyclic) bond motifs is 1. The Morgan fingerprint density at radius 3 is 2.83 bits per heavy atom. The van der Waals surface area contributed by atoms with E-state index in [0.29, 0.717) is 10.1 Å². The number of aryl methyl sites for hydroxylation is 1. The van der Waals surface area contributed by atoms with E-state index in [1.807, 2.05) is 6.92 Å². The molecule has 0 saturated heterocycles. The van der Waals surface area contributed by atoms with Crippen LogP contribution in [0, 0.1) is 12.8 Å². The predicted molar refractivity (Wildman–Crippen MR) is 68.6 cm³/mol. The third kappa shape index (κ3) is 2.10. The highest BCUT2D eigenvalue weighted by Crippen LogP contribution is 2.26. The van der Waals surface area contributed by atoms with Gasteiger partial charge in [-0.25, -0.2) is 0 Å². The molecule has 2 heterocycles. The molecule has 1 aliphatic carbocycles. The van der Waals surface area contributed by atoms with Crippen molar-refractivity contribution in [3.63, 3.8) is 0 Å². The second-order valence-electron chi connectivity index (χ2n) is 4.67. The first kappa shape index (κ1) is 11.6. The van der Waals surface area contributed by atoms with Gasteiger partial charge in [0.05, 0.1) is 0 Å². The van der Waals surface area contributed by atoms with Crippen LogP contribution in [0.15, 0.2) is 0 Å². The maximum atomic E-state index is 12.1. The molecule has 3 rings (SSSR count). The largest absolute Gasteiger partial charge is 0.300 e. The summed E-state index contributed by atoms with van der Waals surface area (Å²) in [5.41, 5.74) is 0. The fraction of sp³-hybridized carbons (Fsp3) is 0.636. The quantitative estimate of drug-likeness (QED) is 0.901. The average molecular weight is 265 g/mol. The van der Waals surface area contributed by atoms with Gasteiger partial charge < -0.3 is 5.32 Å². The molecule has 0 atom stereocenters. The lowest BCUT2D eigenvalue weighted by molar-refractivity contribution is -0.120. The van der Waals surface area contributed by atoms with Crippen LogP contribution >= 0.6 is 11.3 Å². The van der Waals surface area contributed by atoms with E-state index < -0.39 is 0 Å². The molecular weight excluding hydrogens is 250 g/mol. The van der Waals surface area contributed by atoms with Crippen LogP contribution in [0.1, 0.15) is 37.9 Å². The number of nitrogens with one attached hydrogen (secondary N) is 1. The van der Waals surface area contributed by atoms with Gasteiger partial charge in [-0.05, 0) is 19.8 Å². The van der Waals surface area contributed by atoms with E-state index in [1.54, 1.807) is 4.52 Å². The fourth-order valence-electron chi connectivity index (χ4n) is 2.34. The number of nitrogens with zero attached hydrogens (tertiary/aromatic N) is 4. The highest BCUT2D eigenvalue weighted by atomic mass is 32.1. The SMILES string of the molecule is Cc1nnc2sc(NC(=O)C3CCCCC3)nn12. The zero-order chi connectivity index (χ0) is 12.5. The molecule has 18 heavy (non-hydrogen) atoms. The first-order valence-corrected chi connectivity index (χ1v) is 7.05. The molecule has 1 amide bonds. The lowest BCUT2D eigenvalue weighted by atomic mass is 9.89.